The van der Waals surface area contributed by atoms with Crippen LogP contribution in [0.1, 0.15) is 19.3 Å². The number of nitrogens with zero attached hydrogens (tertiary/aromatic N) is 1. The standard InChI is InChI=1S/C14H16N2O2S/c17-13(15-10-5-6-10)7-8-16-11-3-1-2-4-12(11)19-9-14(16)18/h1-4,10H,5-9H2,(H,15,17). The SMILES string of the molecule is O=C(CCN1C(=O)CSc2ccccc21)NC1CC1. The van der Waals surface area contributed by atoms with Gasteiger partial charge in [-0.1, -0.05) is 12.1 Å². The Morgan fingerprint density at radius 2 is 2.16 bits per heavy atom. The van der Waals surface area contributed by atoms with Gasteiger partial charge >= 0.3 is 0 Å². The first kappa shape index (κ1) is 12.5. The number of carbonyl (C=O) groups is 2. The lowest BCUT2D eigenvalue weighted by molar-refractivity contribution is -0.121. The molecule has 4 nitrogen and oxygen atoms in total. The molecule has 1 aromatic carbocycles. The second kappa shape index (κ2) is 5.25. The second-order valence-electron chi connectivity index (χ2n) is 4.89. The Morgan fingerprint density at radius 1 is 1.37 bits per heavy atom. The van der Waals surface area contributed by atoms with E-state index in [0.29, 0.717) is 24.8 Å². The van der Waals surface area contributed by atoms with Crippen LogP contribution in [-0.4, -0.2) is 30.2 Å². The van der Waals surface area contributed by atoms with Crippen LogP contribution in [-0.2, 0) is 9.59 Å². The summed E-state index contributed by atoms with van der Waals surface area (Å²) in [6.07, 6.45) is 2.56. The molecule has 0 radical (unpaired) electrons. The van der Waals surface area contributed by atoms with Crippen molar-refractivity contribution in [1.82, 2.24) is 5.32 Å². The topological polar surface area (TPSA) is 49.4 Å². The van der Waals surface area contributed by atoms with Crippen LogP contribution in [0.15, 0.2) is 29.2 Å². The summed E-state index contributed by atoms with van der Waals surface area (Å²) in [4.78, 5) is 26.5. The van der Waals surface area contributed by atoms with E-state index in [-0.39, 0.29) is 11.8 Å². The summed E-state index contributed by atoms with van der Waals surface area (Å²) >= 11 is 1.56. The molecule has 1 fully saturated rings. The van der Waals surface area contributed by atoms with E-state index in [1.807, 2.05) is 24.3 Å². The molecule has 1 aliphatic heterocycles. The molecule has 0 saturated heterocycles. The summed E-state index contributed by atoms with van der Waals surface area (Å²) in [7, 11) is 0. The van der Waals surface area contributed by atoms with Gasteiger partial charge in [0.05, 0.1) is 11.4 Å². The Bertz CT molecular complexity index is 514. The van der Waals surface area contributed by atoms with Crippen molar-refractivity contribution in [2.45, 2.75) is 30.2 Å². The van der Waals surface area contributed by atoms with Crippen LogP contribution >= 0.6 is 11.8 Å². The molecule has 0 atom stereocenters. The van der Waals surface area contributed by atoms with Crippen molar-refractivity contribution < 1.29 is 9.59 Å². The molecule has 2 aliphatic rings. The summed E-state index contributed by atoms with van der Waals surface area (Å²) in [6, 6.07) is 8.24. The Hall–Kier alpha value is -1.49. The van der Waals surface area contributed by atoms with E-state index in [9.17, 15) is 9.59 Å². The van der Waals surface area contributed by atoms with Crippen molar-refractivity contribution in [3.63, 3.8) is 0 Å². The van der Waals surface area contributed by atoms with Crippen molar-refractivity contribution in [2.24, 2.45) is 0 Å². The Morgan fingerprint density at radius 3 is 2.95 bits per heavy atom. The fraction of sp³-hybridized carbons (Fsp3) is 0.429. The van der Waals surface area contributed by atoms with E-state index in [2.05, 4.69) is 5.32 Å². The van der Waals surface area contributed by atoms with Crippen LogP contribution in [0.4, 0.5) is 5.69 Å². The zero-order chi connectivity index (χ0) is 13.2. The number of thioether (sulfide) groups is 1. The average Bonchev–Trinajstić information content (AvgIpc) is 3.21. The van der Waals surface area contributed by atoms with Crippen molar-refractivity contribution in [2.75, 3.05) is 17.2 Å². The zero-order valence-corrected chi connectivity index (χ0v) is 11.4. The van der Waals surface area contributed by atoms with E-state index in [4.69, 9.17) is 0 Å². The number of fused-ring (bicyclic) bond motifs is 1. The minimum absolute atomic E-state index is 0.0472. The predicted molar refractivity (Wildman–Crippen MR) is 75.3 cm³/mol. The van der Waals surface area contributed by atoms with Crippen LogP contribution in [0.2, 0.25) is 0 Å². The molecule has 1 aliphatic carbocycles. The normalized spacial score (nSPS) is 18.1. The third kappa shape index (κ3) is 2.92. The smallest absolute Gasteiger partial charge is 0.237 e. The summed E-state index contributed by atoms with van der Waals surface area (Å²) in [5.41, 5.74) is 0.933. The van der Waals surface area contributed by atoms with Gasteiger partial charge in [0.15, 0.2) is 0 Å². The highest BCUT2D eigenvalue weighted by Crippen LogP contribution is 2.34. The molecule has 0 spiro atoms. The van der Waals surface area contributed by atoms with Crippen LogP contribution in [0, 0.1) is 0 Å². The fourth-order valence-electron chi connectivity index (χ4n) is 2.14. The van der Waals surface area contributed by atoms with Gasteiger partial charge in [-0.15, -0.1) is 11.8 Å². The number of para-hydroxylation sites is 1. The van der Waals surface area contributed by atoms with Crippen molar-refractivity contribution in [3.05, 3.63) is 24.3 Å². The van der Waals surface area contributed by atoms with E-state index in [0.717, 1.165) is 23.4 Å². The van der Waals surface area contributed by atoms with Crippen LogP contribution in [0.5, 0.6) is 0 Å². The molecular formula is C14H16N2O2S. The van der Waals surface area contributed by atoms with Gasteiger partial charge in [-0.05, 0) is 25.0 Å². The zero-order valence-electron chi connectivity index (χ0n) is 10.6. The second-order valence-corrected chi connectivity index (χ2v) is 5.91. The van der Waals surface area contributed by atoms with E-state index < -0.39 is 0 Å². The average molecular weight is 276 g/mol. The van der Waals surface area contributed by atoms with Crippen LogP contribution in [0.3, 0.4) is 0 Å². The number of carbonyl (C=O) groups excluding carboxylic acids is 2. The number of rotatable bonds is 4. The number of benzene rings is 1. The molecule has 3 rings (SSSR count). The minimum atomic E-state index is 0.0472. The first-order valence-electron chi connectivity index (χ1n) is 6.55. The molecule has 100 valence electrons. The molecule has 5 heteroatoms. The maximum absolute atomic E-state index is 12.0. The molecule has 0 unspecified atom stereocenters. The van der Waals surface area contributed by atoms with E-state index in [1.165, 1.54) is 0 Å². The van der Waals surface area contributed by atoms with Gasteiger partial charge in [-0.2, -0.15) is 0 Å². The quantitative estimate of drug-likeness (QED) is 0.912. The molecule has 19 heavy (non-hydrogen) atoms. The molecule has 1 heterocycles. The molecule has 1 N–H and O–H groups in total. The first-order chi connectivity index (χ1) is 9.24. The molecule has 0 bridgehead atoms. The molecular weight excluding hydrogens is 260 g/mol. The third-order valence-corrected chi connectivity index (χ3v) is 4.36. The van der Waals surface area contributed by atoms with Gasteiger partial charge in [0.2, 0.25) is 11.8 Å². The maximum Gasteiger partial charge on any atom is 0.237 e. The van der Waals surface area contributed by atoms with Gasteiger partial charge in [-0.25, -0.2) is 0 Å². The highest BCUT2D eigenvalue weighted by Gasteiger charge is 2.26. The summed E-state index contributed by atoms with van der Waals surface area (Å²) in [5.74, 6) is 0.593. The van der Waals surface area contributed by atoms with Gasteiger partial charge in [-0.3, -0.25) is 9.59 Å². The summed E-state index contributed by atoms with van der Waals surface area (Å²) < 4.78 is 0. The van der Waals surface area contributed by atoms with Gasteiger partial charge in [0.25, 0.3) is 0 Å². The lowest BCUT2D eigenvalue weighted by Gasteiger charge is -2.28. The Kier molecular flexibility index (Phi) is 3.46. The Labute approximate surface area is 116 Å². The number of hydrogen-bond acceptors (Lipinski definition) is 3. The monoisotopic (exact) mass is 276 g/mol. The number of nitrogens with one attached hydrogen (secondary N) is 1. The number of anilines is 1. The van der Waals surface area contributed by atoms with E-state index in [1.54, 1.807) is 16.7 Å². The first-order valence-corrected chi connectivity index (χ1v) is 7.54. The minimum Gasteiger partial charge on any atom is -0.353 e. The fourth-order valence-corrected chi connectivity index (χ4v) is 3.08. The predicted octanol–water partition coefficient (Wildman–Crippen LogP) is 1.79. The lowest BCUT2D eigenvalue weighted by Crippen LogP contribution is -2.38. The largest absolute Gasteiger partial charge is 0.353 e. The van der Waals surface area contributed by atoms with Gasteiger partial charge in [0, 0.05) is 23.9 Å². The molecule has 0 aromatic heterocycles. The highest BCUT2D eigenvalue weighted by atomic mass is 32.2. The van der Waals surface area contributed by atoms with Crippen molar-refractivity contribution in [3.8, 4) is 0 Å². The Balaban J connectivity index is 1.65. The van der Waals surface area contributed by atoms with E-state index >= 15 is 0 Å². The summed E-state index contributed by atoms with van der Waals surface area (Å²) in [6.45, 7) is 0.467. The van der Waals surface area contributed by atoms with Gasteiger partial charge < -0.3 is 10.2 Å². The lowest BCUT2D eigenvalue weighted by atomic mass is 10.2. The maximum atomic E-state index is 12.0. The molecule has 2 amide bonds. The summed E-state index contributed by atoms with van der Waals surface area (Å²) in [5, 5.41) is 2.95. The highest BCUT2D eigenvalue weighted by molar-refractivity contribution is 8.00. The van der Waals surface area contributed by atoms with Crippen molar-refractivity contribution in [1.29, 1.82) is 0 Å². The van der Waals surface area contributed by atoms with Crippen LogP contribution in [0.25, 0.3) is 0 Å². The molecule has 1 saturated carbocycles. The van der Waals surface area contributed by atoms with Crippen molar-refractivity contribution >= 4 is 29.3 Å². The van der Waals surface area contributed by atoms with Crippen LogP contribution < -0.4 is 10.2 Å². The number of hydrogen-bond donors (Lipinski definition) is 1. The number of amides is 2. The third-order valence-electron chi connectivity index (χ3n) is 3.31. The van der Waals surface area contributed by atoms with Gasteiger partial charge in [0.1, 0.15) is 0 Å². The molecule has 1 aromatic rings.